The Morgan fingerprint density at radius 1 is 1.04 bits per heavy atom. The van der Waals surface area contributed by atoms with E-state index in [-0.39, 0.29) is 22.9 Å². The van der Waals surface area contributed by atoms with Crippen LogP contribution in [-0.2, 0) is 19.5 Å². The summed E-state index contributed by atoms with van der Waals surface area (Å²) in [5, 5.41) is 11.3. The van der Waals surface area contributed by atoms with Gasteiger partial charge in [-0.2, -0.15) is 4.31 Å². The molecule has 1 N–H and O–H groups in total. The van der Waals surface area contributed by atoms with Crippen LogP contribution in [0.15, 0.2) is 29.2 Å². The predicted octanol–water partition coefficient (Wildman–Crippen LogP) is 2.93. The van der Waals surface area contributed by atoms with Gasteiger partial charge in [-0.3, -0.25) is 0 Å². The summed E-state index contributed by atoms with van der Waals surface area (Å²) >= 11 is 5.96. The molecule has 6 nitrogen and oxygen atoms in total. The van der Waals surface area contributed by atoms with Gasteiger partial charge >= 0.3 is 0 Å². The van der Waals surface area contributed by atoms with Gasteiger partial charge in [0, 0.05) is 29.9 Å². The highest BCUT2D eigenvalue weighted by atomic mass is 35.5. The second-order valence-electron chi connectivity index (χ2n) is 8.73. The van der Waals surface area contributed by atoms with E-state index in [2.05, 4.69) is 0 Å². The lowest BCUT2D eigenvalue weighted by Crippen LogP contribution is -2.57. The van der Waals surface area contributed by atoms with Gasteiger partial charge in [0.1, 0.15) is 0 Å². The largest absolute Gasteiger partial charge is 0.390 e. The monoisotopic (exact) mass is 427 g/mol. The molecule has 28 heavy (non-hydrogen) atoms. The quantitative estimate of drug-likeness (QED) is 0.802. The molecule has 4 fully saturated rings. The summed E-state index contributed by atoms with van der Waals surface area (Å²) in [6, 6.07) is 5.94. The Bertz CT molecular complexity index is 848. The number of nitrogens with zero attached hydrogens (tertiary/aromatic N) is 1. The molecular weight excluding hydrogens is 402 g/mol. The maximum atomic E-state index is 13.6. The molecule has 1 saturated carbocycles. The van der Waals surface area contributed by atoms with Crippen LogP contribution in [0.3, 0.4) is 0 Å². The second-order valence-corrected chi connectivity index (χ2v) is 11.0. The second kappa shape index (κ2) is 6.65. The molecule has 1 spiro atoms. The van der Waals surface area contributed by atoms with Crippen LogP contribution in [0, 0.1) is 5.92 Å². The van der Waals surface area contributed by atoms with Crippen molar-refractivity contribution in [2.24, 2.45) is 5.92 Å². The molecule has 5 rings (SSSR count). The smallest absolute Gasteiger partial charge is 0.243 e. The molecule has 154 valence electrons. The third-order valence-electron chi connectivity index (χ3n) is 6.94. The first-order valence-corrected chi connectivity index (χ1v) is 11.9. The third-order valence-corrected chi connectivity index (χ3v) is 9.21. The minimum absolute atomic E-state index is 0.127. The van der Waals surface area contributed by atoms with E-state index in [1.807, 2.05) is 0 Å². The molecule has 8 heteroatoms. The molecule has 3 heterocycles. The number of ether oxygens (including phenoxy) is 2. The van der Waals surface area contributed by atoms with Crippen molar-refractivity contribution < 1.29 is 23.0 Å². The van der Waals surface area contributed by atoms with Crippen LogP contribution < -0.4 is 0 Å². The first kappa shape index (κ1) is 19.3. The summed E-state index contributed by atoms with van der Waals surface area (Å²) in [5.74, 6) is -0.551. The first-order valence-electron chi connectivity index (χ1n) is 10.1. The van der Waals surface area contributed by atoms with Crippen LogP contribution in [0.2, 0.25) is 5.02 Å². The lowest BCUT2D eigenvalue weighted by molar-refractivity contribution is -0.199. The molecule has 1 aromatic carbocycles. The van der Waals surface area contributed by atoms with Crippen LogP contribution >= 0.6 is 11.6 Å². The van der Waals surface area contributed by atoms with Gasteiger partial charge in [0.15, 0.2) is 5.79 Å². The Kier molecular flexibility index (Phi) is 4.58. The number of benzene rings is 1. The Hall–Kier alpha value is -0.700. The maximum absolute atomic E-state index is 13.6. The molecule has 1 aromatic rings. The summed E-state index contributed by atoms with van der Waals surface area (Å²) < 4.78 is 40.8. The van der Waals surface area contributed by atoms with Crippen molar-refractivity contribution in [2.45, 2.75) is 73.3 Å². The number of hydrogen-bond acceptors (Lipinski definition) is 5. The highest BCUT2D eigenvalue weighted by Gasteiger charge is 2.57. The summed E-state index contributed by atoms with van der Waals surface area (Å²) in [5.41, 5.74) is -0.613. The van der Waals surface area contributed by atoms with Gasteiger partial charge in [-0.15, -0.1) is 0 Å². The van der Waals surface area contributed by atoms with Gasteiger partial charge in [-0.25, -0.2) is 8.42 Å². The van der Waals surface area contributed by atoms with Crippen molar-refractivity contribution in [1.29, 1.82) is 0 Å². The number of aliphatic hydroxyl groups is 1. The summed E-state index contributed by atoms with van der Waals surface area (Å²) in [4.78, 5) is 0.264. The zero-order valence-electron chi connectivity index (χ0n) is 15.7. The number of fused-ring (bicyclic) bond motifs is 2. The van der Waals surface area contributed by atoms with E-state index >= 15 is 0 Å². The number of rotatable bonds is 3. The van der Waals surface area contributed by atoms with Gasteiger partial charge in [-0.1, -0.05) is 11.6 Å². The maximum Gasteiger partial charge on any atom is 0.243 e. The number of piperidine rings is 1. The fraction of sp³-hybridized carbons (Fsp3) is 0.700. The summed E-state index contributed by atoms with van der Waals surface area (Å²) in [6.45, 7) is 1.10. The summed E-state index contributed by atoms with van der Waals surface area (Å²) in [7, 11) is -3.67. The van der Waals surface area contributed by atoms with Crippen LogP contribution in [0.25, 0.3) is 0 Å². The number of halogens is 1. The van der Waals surface area contributed by atoms with E-state index in [0.29, 0.717) is 43.9 Å². The van der Waals surface area contributed by atoms with Gasteiger partial charge < -0.3 is 14.6 Å². The zero-order valence-corrected chi connectivity index (χ0v) is 17.3. The highest BCUT2D eigenvalue weighted by Crippen LogP contribution is 2.52. The molecule has 3 atom stereocenters. The minimum atomic E-state index is -3.67. The van der Waals surface area contributed by atoms with E-state index in [4.69, 9.17) is 21.1 Å². The molecule has 3 aliphatic heterocycles. The van der Waals surface area contributed by atoms with E-state index in [1.54, 1.807) is 28.6 Å². The fourth-order valence-electron chi connectivity index (χ4n) is 5.41. The van der Waals surface area contributed by atoms with Gasteiger partial charge in [-0.05, 0) is 62.3 Å². The average Bonchev–Trinajstić information content (AvgIpc) is 3.28. The van der Waals surface area contributed by atoms with Crippen molar-refractivity contribution in [3.05, 3.63) is 29.3 Å². The Balaban J connectivity index is 1.52. The van der Waals surface area contributed by atoms with Gasteiger partial charge in [0.05, 0.1) is 23.7 Å². The van der Waals surface area contributed by atoms with Crippen molar-refractivity contribution in [3.63, 3.8) is 0 Å². The number of hydrogen-bond donors (Lipinski definition) is 1. The van der Waals surface area contributed by atoms with Crippen molar-refractivity contribution in [2.75, 3.05) is 13.2 Å². The van der Waals surface area contributed by atoms with Crippen molar-refractivity contribution in [3.8, 4) is 0 Å². The number of sulfonamides is 1. The third kappa shape index (κ3) is 3.20. The van der Waals surface area contributed by atoms with Crippen LogP contribution in [0.5, 0.6) is 0 Å². The Morgan fingerprint density at radius 2 is 1.68 bits per heavy atom. The SMILES string of the molecule is O=S(=O)(c1ccc(Cl)cc1)N1C2CCC(C3(O)CC3)CC1CC1(C2)OCCO1. The van der Waals surface area contributed by atoms with Gasteiger partial charge in [0.25, 0.3) is 0 Å². The molecule has 1 aliphatic carbocycles. The molecular formula is C20H26ClNO5S. The van der Waals surface area contributed by atoms with E-state index < -0.39 is 21.4 Å². The molecule has 3 unspecified atom stereocenters. The van der Waals surface area contributed by atoms with E-state index in [0.717, 1.165) is 19.3 Å². The van der Waals surface area contributed by atoms with Crippen LogP contribution in [0.1, 0.15) is 44.9 Å². The molecule has 0 amide bonds. The van der Waals surface area contributed by atoms with E-state index in [9.17, 15) is 13.5 Å². The minimum Gasteiger partial charge on any atom is -0.390 e. The topological polar surface area (TPSA) is 76.1 Å². The first-order chi connectivity index (χ1) is 13.3. The van der Waals surface area contributed by atoms with Gasteiger partial charge in [0.2, 0.25) is 10.0 Å². The van der Waals surface area contributed by atoms with Crippen molar-refractivity contribution >= 4 is 21.6 Å². The molecule has 0 radical (unpaired) electrons. The normalized spacial score (nSPS) is 34.3. The molecule has 4 aliphatic rings. The fourth-order valence-corrected chi connectivity index (χ4v) is 7.39. The molecule has 2 bridgehead atoms. The standard InChI is InChI=1S/C20H26ClNO5S/c21-15-2-5-18(6-3-15)28(24,25)22-16-4-1-14(19(23)7-8-19)11-17(22)13-20(12-16)26-9-10-27-20/h2-3,5-6,14,16-17,23H,1,4,7-13H2. The summed E-state index contributed by atoms with van der Waals surface area (Å²) in [6.07, 6.45) is 4.89. The Labute approximate surface area is 170 Å². The lowest BCUT2D eigenvalue weighted by Gasteiger charge is -2.46. The van der Waals surface area contributed by atoms with Crippen LogP contribution in [-0.4, -0.2) is 54.5 Å². The predicted molar refractivity (Wildman–Crippen MR) is 103 cm³/mol. The lowest BCUT2D eigenvalue weighted by atomic mass is 9.87. The zero-order chi connectivity index (χ0) is 19.6. The average molecular weight is 428 g/mol. The van der Waals surface area contributed by atoms with Crippen molar-refractivity contribution in [1.82, 2.24) is 4.31 Å². The molecule has 3 saturated heterocycles. The highest BCUT2D eigenvalue weighted by molar-refractivity contribution is 7.89. The molecule has 0 aromatic heterocycles. The Morgan fingerprint density at radius 3 is 2.32 bits per heavy atom. The van der Waals surface area contributed by atoms with E-state index in [1.165, 1.54) is 0 Å². The van der Waals surface area contributed by atoms with Crippen LogP contribution in [0.4, 0.5) is 0 Å².